The zero-order valence-electron chi connectivity index (χ0n) is 16.1. The lowest BCUT2D eigenvalue weighted by molar-refractivity contribution is -0.176. The zero-order valence-corrected chi connectivity index (χ0v) is 16.1. The normalized spacial score (nSPS) is 27.1. The summed E-state index contributed by atoms with van der Waals surface area (Å²) in [5, 5.41) is 8.89. The van der Waals surface area contributed by atoms with Crippen molar-refractivity contribution in [3.8, 4) is 22.9 Å². The molecule has 4 rings (SSSR count). The minimum absolute atomic E-state index is 0.322. The largest absolute Gasteiger partial charge is 0.446 e. The summed E-state index contributed by atoms with van der Waals surface area (Å²) in [6, 6.07) is 16.5. The first kappa shape index (κ1) is 18.2. The molecule has 28 heavy (non-hydrogen) atoms. The maximum Gasteiger partial charge on any atom is 0.356 e. The lowest BCUT2D eigenvalue weighted by Crippen LogP contribution is -2.50. The van der Waals surface area contributed by atoms with Crippen LogP contribution in [0.25, 0.3) is 11.1 Å². The van der Waals surface area contributed by atoms with Gasteiger partial charge in [-0.05, 0) is 55.2 Å². The summed E-state index contributed by atoms with van der Waals surface area (Å²) in [6.07, 6.45) is 1.09. The van der Waals surface area contributed by atoms with Gasteiger partial charge in [0, 0.05) is 5.41 Å². The van der Waals surface area contributed by atoms with Gasteiger partial charge in [0.2, 0.25) is 5.60 Å². The number of nitrogens with zero attached hydrogens (tertiary/aromatic N) is 1. The second-order valence-corrected chi connectivity index (χ2v) is 8.28. The Morgan fingerprint density at radius 3 is 2.04 bits per heavy atom. The van der Waals surface area contributed by atoms with Crippen molar-refractivity contribution in [3.63, 3.8) is 0 Å². The van der Waals surface area contributed by atoms with E-state index in [1.54, 1.807) is 24.3 Å². The monoisotopic (exact) mass is 375 g/mol. The first-order valence-corrected chi connectivity index (χ1v) is 9.30. The Hall–Kier alpha value is -3.13. The number of carbonyl (C=O) groups excluding carboxylic acids is 2. The number of fused-ring (bicyclic) bond motifs is 2. The number of nitriles is 1. The van der Waals surface area contributed by atoms with Crippen LogP contribution in [-0.4, -0.2) is 17.5 Å². The van der Waals surface area contributed by atoms with Crippen LogP contribution in [0.1, 0.15) is 39.2 Å². The van der Waals surface area contributed by atoms with Crippen LogP contribution in [-0.2, 0) is 14.3 Å². The van der Waals surface area contributed by atoms with E-state index >= 15 is 0 Å². The van der Waals surface area contributed by atoms with Crippen molar-refractivity contribution >= 4 is 11.9 Å². The van der Waals surface area contributed by atoms with Crippen molar-refractivity contribution in [3.05, 3.63) is 54.1 Å². The van der Waals surface area contributed by atoms with Crippen LogP contribution in [0.2, 0.25) is 0 Å². The molecule has 2 atom stereocenters. The molecule has 1 aliphatic heterocycles. The molecule has 2 fully saturated rings. The summed E-state index contributed by atoms with van der Waals surface area (Å²) >= 11 is 0. The van der Waals surface area contributed by atoms with Gasteiger partial charge in [0.05, 0.1) is 17.0 Å². The smallest absolute Gasteiger partial charge is 0.356 e. The van der Waals surface area contributed by atoms with E-state index in [0.717, 1.165) is 11.1 Å². The first-order valence-electron chi connectivity index (χ1n) is 9.30. The van der Waals surface area contributed by atoms with Gasteiger partial charge in [-0.15, -0.1) is 0 Å². The molecule has 1 saturated heterocycles. The molecule has 2 aliphatic rings. The summed E-state index contributed by atoms with van der Waals surface area (Å²) < 4.78 is 11.2. The SMILES string of the molecule is CC1(C)[C@@]2(C(=O)Oc3ccc(-c4ccc(C#N)cc4)cc3)CC[C@]1(C)C(=O)O2. The average molecular weight is 375 g/mol. The van der Waals surface area contributed by atoms with Crippen LogP contribution < -0.4 is 4.74 Å². The molecule has 142 valence electrons. The standard InChI is InChI=1S/C23H21NO4/c1-21(2)22(3)12-13-23(21,28-19(22)25)20(26)27-18-10-8-17(9-11-18)16-6-4-15(14-24)5-7-16/h4-11H,12-13H2,1-3H3/t22-,23+/m1/s1. The third-order valence-corrected chi connectivity index (χ3v) is 6.83. The van der Waals surface area contributed by atoms with Gasteiger partial charge in [0.1, 0.15) is 5.75 Å². The van der Waals surface area contributed by atoms with Crippen LogP contribution in [0.5, 0.6) is 5.75 Å². The predicted molar refractivity (Wildman–Crippen MR) is 102 cm³/mol. The molecule has 0 amide bonds. The van der Waals surface area contributed by atoms with Crippen LogP contribution in [0, 0.1) is 22.2 Å². The number of benzene rings is 2. The second-order valence-electron chi connectivity index (χ2n) is 8.28. The molecule has 5 nitrogen and oxygen atoms in total. The van der Waals surface area contributed by atoms with Gasteiger partial charge in [0.25, 0.3) is 0 Å². The highest BCUT2D eigenvalue weighted by atomic mass is 16.6. The van der Waals surface area contributed by atoms with Crippen LogP contribution in [0.4, 0.5) is 0 Å². The van der Waals surface area contributed by atoms with E-state index in [9.17, 15) is 9.59 Å². The Morgan fingerprint density at radius 2 is 1.57 bits per heavy atom. The van der Waals surface area contributed by atoms with Gasteiger partial charge in [-0.2, -0.15) is 5.26 Å². The van der Waals surface area contributed by atoms with E-state index in [4.69, 9.17) is 14.7 Å². The molecule has 0 unspecified atom stereocenters. The molecule has 5 heteroatoms. The molecule has 1 saturated carbocycles. The van der Waals surface area contributed by atoms with E-state index in [1.807, 2.05) is 45.0 Å². The number of hydrogen-bond acceptors (Lipinski definition) is 5. The average Bonchev–Trinajstić information content (AvgIpc) is 2.99. The Kier molecular flexibility index (Phi) is 3.87. The highest BCUT2D eigenvalue weighted by molar-refractivity contribution is 5.94. The molecule has 2 bridgehead atoms. The quantitative estimate of drug-likeness (QED) is 0.592. The van der Waals surface area contributed by atoms with E-state index in [1.165, 1.54) is 0 Å². The molecule has 1 aliphatic carbocycles. The van der Waals surface area contributed by atoms with E-state index in [-0.39, 0.29) is 5.97 Å². The summed E-state index contributed by atoms with van der Waals surface area (Å²) in [5.74, 6) is -0.431. The number of hydrogen-bond donors (Lipinski definition) is 0. The van der Waals surface area contributed by atoms with E-state index in [2.05, 4.69) is 6.07 Å². The molecule has 2 aromatic carbocycles. The lowest BCUT2D eigenvalue weighted by Gasteiger charge is -2.34. The second kappa shape index (κ2) is 5.93. The molecule has 0 N–H and O–H groups in total. The number of rotatable bonds is 3. The number of ether oxygens (including phenoxy) is 2. The Bertz CT molecular complexity index is 1000. The summed E-state index contributed by atoms with van der Waals surface area (Å²) in [7, 11) is 0. The summed E-state index contributed by atoms with van der Waals surface area (Å²) in [4.78, 5) is 25.3. The molecule has 0 radical (unpaired) electrons. The van der Waals surface area contributed by atoms with Crippen molar-refractivity contribution < 1.29 is 19.1 Å². The molecular weight excluding hydrogens is 354 g/mol. The fourth-order valence-corrected chi connectivity index (χ4v) is 4.34. The predicted octanol–water partition coefficient (Wildman–Crippen LogP) is 4.25. The fraction of sp³-hybridized carbons (Fsp3) is 0.348. The van der Waals surface area contributed by atoms with Gasteiger partial charge < -0.3 is 9.47 Å². The number of esters is 2. The Balaban J connectivity index is 1.54. The van der Waals surface area contributed by atoms with Crippen LogP contribution in [0.3, 0.4) is 0 Å². The van der Waals surface area contributed by atoms with Crippen molar-refractivity contribution in [2.24, 2.45) is 10.8 Å². The van der Waals surface area contributed by atoms with Gasteiger partial charge >= 0.3 is 11.9 Å². The minimum Gasteiger partial charge on any atom is -0.446 e. The van der Waals surface area contributed by atoms with Gasteiger partial charge in [-0.3, -0.25) is 4.79 Å². The van der Waals surface area contributed by atoms with Crippen molar-refractivity contribution in [1.29, 1.82) is 5.26 Å². The fourth-order valence-electron chi connectivity index (χ4n) is 4.34. The van der Waals surface area contributed by atoms with Crippen LogP contribution in [0.15, 0.2) is 48.5 Å². The highest BCUT2D eigenvalue weighted by Crippen LogP contribution is 2.65. The van der Waals surface area contributed by atoms with Crippen molar-refractivity contribution in [2.75, 3.05) is 0 Å². The topological polar surface area (TPSA) is 76.4 Å². The molecule has 0 spiro atoms. The van der Waals surface area contributed by atoms with Gasteiger partial charge in [-0.1, -0.05) is 38.1 Å². The first-order chi connectivity index (χ1) is 13.2. The Morgan fingerprint density at radius 1 is 1.00 bits per heavy atom. The maximum absolute atomic E-state index is 13.0. The van der Waals surface area contributed by atoms with Crippen LogP contribution >= 0.6 is 0 Å². The number of carbonyl (C=O) groups is 2. The summed E-state index contributed by atoms with van der Waals surface area (Å²) in [5.41, 5.74) is -0.00517. The molecule has 2 aromatic rings. The summed E-state index contributed by atoms with van der Waals surface area (Å²) in [6.45, 7) is 5.67. The maximum atomic E-state index is 13.0. The van der Waals surface area contributed by atoms with Crippen molar-refractivity contribution in [1.82, 2.24) is 0 Å². The minimum atomic E-state index is -1.23. The zero-order chi connectivity index (χ0) is 20.2. The molecule has 0 aromatic heterocycles. The highest BCUT2D eigenvalue weighted by Gasteiger charge is 2.76. The molecular formula is C23H21NO4. The third-order valence-electron chi connectivity index (χ3n) is 6.83. The van der Waals surface area contributed by atoms with E-state index in [0.29, 0.717) is 24.2 Å². The lowest BCUT2D eigenvalue weighted by atomic mass is 9.66. The molecule has 1 heterocycles. The van der Waals surface area contributed by atoms with E-state index < -0.39 is 22.4 Å². The van der Waals surface area contributed by atoms with Crippen molar-refractivity contribution in [2.45, 2.75) is 39.2 Å². The third kappa shape index (κ3) is 2.31. The van der Waals surface area contributed by atoms with Gasteiger partial charge in [-0.25, -0.2) is 4.79 Å². The van der Waals surface area contributed by atoms with Gasteiger partial charge in [0.15, 0.2) is 0 Å². The Labute approximate surface area is 163 Å².